The van der Waals surface area contributed by atoms with Crippen molar-refractivity contribution in [2.24, 2.45) is 5.73 Å². The topological polar surface area (TPSA) is 74.1 Å². The van der Waals surface area contributed by atoms with E-state index in [1.165, 1.54) is 11.1 Å². The van der Waals surface area contributed by atoms with Gasteiger partial charge in [-0.1, -0.05) is 36.4 Å². The lowest BCUT2D eigenvalue weighted by molar-refractivity contribution is -0.134. The Balaban J connectivity index is 0.000000309. The highest BCUT2D eigenvalue weighted by Crippen LogP contribution is 2.25. The van der Waals surface area contributed by atoms with E-state index in [1.54, 1.807) is 7.11 Å². The molecule has 1 atom stereocenters. The number of carbonyl (C=O) groups is 1. The van der Waals surface area contributed by atoms with Crippen LogP contribution in [0.3, 0.4) is 0 Å². The van der Waals surface area contributed by atoms with E-state index in [9.17, 15) is 4.79 Å². The van der Waals surface area contributed by atoms with Crippen molar-refractivity contribution in [3.63, 3.8) is 0 Å². The van der Waals surface area contributed by atoms with Crippen LogP contribution in [0.2, 0.25) is 0 Å². The van der Waals surface area contributed by atoms with E-state index in [1.807, 2.05) is 54.2 Å². The van der Waals surface area contributed by atoms with E-state index >= 15 is 0 Å². The second kappa shape index (κ2) is 12.9. The fraction of sp³-hybridized carbons (Fsp3) is 0.480. The number of ether oxygens (including phenoxy) is 1. The Morgan fingerprint density at radius 3 is 2.50 bits per heavy atom. The first-order valence-corrected chi connectivity index (χ1v) is 11.2. The summed E-state index contributed by atoms with van der Waals surface area (Å²) in [5.74, 6) is 0.674. The number of piperazine rings is 1. The van der Waals surface area contributed by atoms with Gasteiger partial charge in [0.05, 0.1) is 12.8 Å². The predicted octanol–water partition coefficient (Wildman–Crippen LogP) is 2.72. The van der Waals surface area contributed by atoms with Crippen LogP contribution in [-0.2, 0) is 9.53 Å². The summed E-state index contributed by atoms with van der Waals surface area (Å²) in [6.07, 6.45) is 10.0. The maximum absolute atomic E-state index is 12.7. The summed E-state index contributed by atoms with van der Waals surface area (Å²) in [5.41, 5.74) is 12.1. The number of allylic oxidation sites excluding steroid dienone is 3. The maximum Gasteiger partial charge on any atom is 0.245 e. The van der Waals surface area contributed by atoms with E-state index in [-0.39, 0.29) is 11.9 Å². The Kier molecular flexibility index (Phi) is 10.3. The molecule has 2 heterocycles. The van der Waals surface area contributed by atoms with Crippen LogP contribution in [0.15, 0.2) is 54.5 Å². The van der Waals surface area contributed by atoms with Crippen LogP contribution in [0.25, 0.3) is 5.70 Å². The van der Waals surface area contributed by atoms with Crippen LogP contribution in [0.5, 0.6) is 0 Å². The van der Waals surface area contributed by atoms with Crippen LogP contribution < -0.4 is 11.2 Å². The standard InChI is InChI=1S/C17H24N4O.C8H15NO/c1-13-6-4-5-7-14(13)16-12-15(18-20(16)3)17(22)21-10-8-19(2)9-11-21;1-3-4-5-6-7-8(9)10-2/h4-7,12,15,18H,8-11H2,1-3H3;3-4,7H,5-6,9H2,1-2H3/b;4-3-,8-7+. The Morgan fingerprint density at radius 1 is 1.19 bits per heavy atom. The molecule has 1 saturated heterocycles. The molecular formula is C25H39N5O2. The normalized spacial score (nSPS) is 19.6. The van der Waals surface area contributed by atoms with Crippen LogP contribution in [0.1, 0.15) is 30.9 Å². The Morgan fingerprint density at radius 2 is 1.88 bits per heavy atom. The molecule has 1 fully saturated rings. The molecule has 0 aromatic heterocycles. The highest BCUT2D eigenvalue weighted by atomic mass is 16.5. The van der Waals surface area contributed by atoms with Gasteiger partial charge in [-0.05, 0) is 51.5 Å². The molecular weight excluding hydrogens is 402 g/mol. The molecule has 0 spiro atoms. The summed E-state index contributed by atoms with van der Waals surface area (Å²) >= 11 is 0. The average Bonchev–Trinajstić information content (AvgIpc) is 3.18. The number of rotatable bonds is 6. The third-order valence-corrected chi connectivity index (χ3v) is 5.67. The molecule has 1 aromatic rings. The van der Waals surface area contributed by atoms with Crippen molar-refractivity contribution in [2.75, 3.05) is 47.4 Å². The van der Waals surface area contributed by atoms with Crippen molar-refractivity contribution in [2.45, 2.75) is 32.7 Å². The molecule has 1 unspecified atom stereocenters. The smallest absolute Gasteiger partial charge is 0.245 e. The molecule has 1 amide bonds. The molecule has 176 valence electrons. The lowest BCUT2D eigenvalue weighted by atomic mass is 10.0. The SMILES string of the molecule is C/C=C\CC/C=C(\N)OC.Cc1ccccc1C1=CC(C(=O)N2CCN(C)CC2)NN1C. The molecule has 3 N–H and O–H groups in total. The summed E-state index contributed by atoms with van der Waals surface area (Å²) < 4.78 is 4.75. The van der Waals surface area contributed by atoms with Gasteiger partial charge in [-0.15, -0.1) is 0 Å². The van der Waals surface area contributed by atoms with Gasteiger partial charge in [0.2, 0.25) is 5.91 Å². The van der Waals surface area contributed by atoms with Gasteiger partial charge in [-0.25, -0.2) is 5.43 Å². The number of likely N-dealkylation sites (N-methyl/N-ethyl adjacent to an activating group) is 1. The Hall–Kier alpha value is -2.77. The quantitative estimate of drug-likeness (QED) is 0.402. The molecule has 2 aliphatic heterocycles. The summed E-state index contributed by atoms with van der Waals surface area (Å²) in [4.78, 5) is 16.9. The number of nitrogens with two attached hydrogens (primary N) is 1. The fourth-order valence-electron chi connectivity index (χ4n) is 3.64. The van der Waals surface area contributed by atoms with Crippen LogP contribution in [-0.4, -0.2) is 74.1 Å². The summed E-state index contributed by atoms with van der Waals surface area (Å²) in [5, 5.41) is 1.96. The van der Waals surface area contributed by atoms with Gasteiger partial charge in [0.1, 0.15) is 6.04 Å². The second-order valence-electron chi connectivity index (χ2n) is 8.12. The maximum atomic E-state index is 12.7. The monoisotopic (exact) mass is 441 g/mol. The summed E-state index contributed by atoms with van der Waals surface area (Å²) in [6, 6.07) is 8.01. The van der Waals surface area contributed by atoms with Gasteiger partial charge < -0.3 is 25.3 Å². The highest BCUT2D eigenvalue weighted by Gasteiger charge is 2.31. The predicted molar refractivity (Wildman–Crippen MR) is 131 cm³/mol. The molecule has 0 radical (unpaired) electrons. The van der Waals surface area contributed by atoms with E-state index in [4.69, 9.17) is 10.5 Å². The van der Waals surface area contributed by atoms with E-state index in [2.05, 4.69) is 42.5 Å². The van der Waals surface area contributed by atoms with Crippen molar-refractivity contribution in [1.82, 2.24) is 20.2 Å². The van der Waals surface area contributed by atoms with Gasteiger partial charge in [0.15, 0.2) is 5.88 Å². The van der Waals surface area contributed by atoms with E-state index in [0.717, 1.165) is 44.7 Å². The number of hydrogen-bond donors (Lipinski definition) is 2. The van der Waals surface area contributed by atoms with Crippen LogP contribution in [0, 0.1) is 6.92 Å². The number of nitrogens with one attached hydrogen (secondary N) is 1. The number of benzene rings is 1. The average molecular weight is 442 g/mol. The van der Waals surface area contributed by atoms with Crippen molar-refractivity contribution in [3.05, 3.63) is 65.6 Å². The lowest BCUT2D eigenvalue weighted by Gasteiger charge is -2.33. The van der Waals surface area contributed by atoms with Gasteiger partial charge >= 0.3 is 0 Å². The third kappa shape index (κ3) is 7.43. The molecule has 0 bridgehead atoms. The van der Waals surface area contributed by atoms with E-state index < -0.39 is 0 Å². The molecule has 3 rings (SSSR count). The van der Waals surface area contributed by atoms with Gasteiger partial charge in [-0.2, -0.15) is 0 Å². The second-order valence-corrected chi connectivity index (χ2v) is 8.12. The van der Waals surface area contributed by atoms with Crippen molar-refractivity contribution < 1.29 is 9.53 Å². The zero-order valence-corrected chi connectivity index (χ0v) is 20.2. The van der Waals surface area contributed by atoms with Gasteiger partial charge in [-0.3, -0.25) is 4.79 Å². The third-order valence-electron chi connectivity index (χ3n) is 5.67. The van der Waals surface area contributed by atoms with Crippen molar-refractivity contribution >= 4 is 11.6 Å². The first kappa shape index (κ1) is 25.5. The number of hydrazine groups is 1. The number of methoxy groups -OCH3 is 1. The number of unbranched alkanes of at least 4 members (excludes halogenated alkanes) is 1. The van der Waals surface area contributed by atoms with Gasteiger partial charge in [0.25, 0.3) is 0 Å². The fourth-order valence-corrected chi connectivity index (χ4v) is 3.64. The molecule has 32 heavy (non-hydrogen) atoms. The van der Waals surface area contributed by atoms with Crippen LogP contribution >= 0.6 is 0 Å². The number of nitrogens with zero attached hydrogens (tertiary/aromatic N) is 3. The first-order valence-electron chi connectivity index (χ1n) is 11.2. The Bertz CT molecular complexity index is 825. The Labute approximate surface area is 193 Å². The van der Waals surface area contributed by atoms with Gasteiger partial charge in [0, 0.05) is 38.8 Å². The number of hydrogen-bond acceptors (Lipinski definition) is 6. The minimum absolute atomic E-state index is 0.170. The molecule has 7 nitrogen and oxygen atoms in total. The summed E-state index contributed by atoms with van der Waals surface area (Å²) in [6.45, 7) is 7.61. The highest BCUT2D eigenvalue weighted by molar-refractivity contribution is 5.88. The minimum atomic E-state index is -0.261. The van der Waals surface area contributed by atoms with E-state index in [0.29, 0.717) is 5.88 Å². The first-order chi connectivity index (χ1) is 15.4. The number of amides is 1. The van der Waals surface area contributed by atoms with Crippen molar-refractivity contribution in [3.8, 4) is 0 Å². The van der Waals surface area contributed by atoms with Crippen LogP contribution in [0.4, 0.5) is 0 Å². The minimum Gasteiger partial charge on any atom is -0.483 e. The molecule has 2 aliphatic rings. The number of carbonyl (C=O) groups excluding carboxylic acids is 1. The molecule has 0 aliphatic carbocycles. The largest absolute Gasteiger partial charge is 0.483 e. The van der Waals surface area contributed by atoms with Crippen molar-refractivity contribution in [1.29, 1.82) is 0 Å². The zero-order chi connectivity index (χ0) is 23.5. The lowest BCUT2D eigenvalue weighted by Crippen LogP contribution is -2.53. The zero-order valence-electron chi connectivity index (χ0n) is 20.2. The molecule has 7 heteroatoms. The number of aryl methyl sites for hydroxylation is 1. The summed E-state index contributed by atoms with van der Waals surface area (Å²) in [7, 11) is 5.64. The molecule has 1 aromatic carbocycles. The molecule has 0 saturated carbocycles.